The summed E-state index contributed by atoms with van der Waals surface area (Å²) in [5.74, 6) is 0. The first kappa shape index (κ1) is 10.3. The molecule has 11 heavy (non-hydrogen) atoms. The summed E-state index contributed by atoms with van der Waals surface area (Å²) in [7, 11) is 0. The monoisotopic (exact) mass is 153 g/mol. The van der Waals surface area contributed by atoms with Gasteiger partial charge in [-0.1, -0.05) is 19.1 Å². The zero-order chi connectivity index (χ0) is 8.69. The second kappa shape index (κ2) is 6.02. The van der Waals surface area contributed by atoms with Crippen LogP contribution in [0.2, 0.25) is 0 Å². The smallest absolute Gasteiger partial charge is 0.0146 e. The molecule has 0 aromatic heterocycles. The maximum atomic E-state index is 3.86. The Kier molecular flexibility index (Phi) is 5.63. The molecule has 0 fully saturated rings. The van der Waals surface area contributed by atoms with Crippen LogP contribution in [0, 0.1) is 0 Å². The van der Waals surface area contributed by atoms with E-state index in [0.717, 1.165) is 31.5 Å². The SMILES string of the molecule is C=C(C)CCCNC(=C)CC. The van der Waals surface area contributed by atoms with Crippen LogP contribution in [0.5, 0.6) is 0 Å². The highest BCUT2D eigenvalue weighted by Crippen LogP contribution is 1.99. The van der Waals surface area contributed by atoms with Gasteiger partial charge in [0.25, 0.3) is 0 Å². The van der Waals surface area contributed by atoms with Gasteiger partial charge in [0.15, 0.2) is 0 Å². The van der Waals surface area contributed by atoms with Crippen molar-refractivity contribution in [2.75, 3.05) is 6.54 Å². The third kappa shape index (κ3) is 7.17. The number of hydrogen-bond donors (Lipinski definition) is 1. The lowest BCUT2D eigenvalue weighted by Gasteiger charge is -2.06. The van der Waals surface area contributed by atoms with Crippen LogP contribution in [0.25, 0.3) is 0 Å². The molecule has 64 valence electrons. The maximum absolute atomic E-state index is 3.86. The van der Waals surface area contributed by atoms with Gasteiger partial charge >= 0.3 is 0 Å². The second-order valence-corrected chi connectivity index (χ2v) is 2.94. The Morgan fingerprint density at radius 1 is 1.36 bits per heavy atom. The van der Waals surface area contributed by atoms with Gasteiger partial charge in [0.1, 0.15) is 0 Å². The second-order valence-electron chi connectivity index (χ2n) is 2.94. The van der Waals surface area contributed by atoms with Gasteiger partial charge in [-0.25, -0.2) is 0 Å². The molecule has 0 aliphatic carbocycles. The first-order chi connectivity index (χ1) is 5.16. The van der Waals surface area contributed by atoms with Crippen LogP contribution >= 0.6 is 0 Å². The molecular weight excluding hydrogens is 134 g/mol. The highest BCUT2D eigenvalue weighted by molar-refractivity contribution is 4.91. The number of nitrogens with one attached hydrogen (secondary N) is 1. The van der Waals surface area contributed by atoms with E-state index in [1.165, 1.54) is 5.57 Å². The van der Waals surface area contributed by atoms with Crippen molar-refractivity contribution >= 4 is 0 Å². The van der Waals surface area contributed by atoms with E-state index >= 15 is 0 Å². The van der Waals surface area contributed by atoms with E-state index in [1.807, 2.05) is 0 Å². The molecule has 0 aromatic carbocycles. The average molecular weight is 153 g/mol. The molecule has 0 aliphatic rings. The van der Waals surface area contributed by atoms with E-state index in [0.29, 0.717) is 0 Å². The Bertz CT molecular complexity index is 136. The zero-order valence-corrected chi connectivity index (χ0v) is 7.74. The first-order valence-corrected chi connectivity index (χ1v) is 4.22. The van der Waals surface area contributed by atoms with Crippen LogP contribution in [0.1, 0.15) is 33.1 Å². The summed E-state index contributed by atoms with van der Waals surface area (Å²) in [5, 5.41) is 3.25. The quantitative estimate of drug-likeness (QED) is 0.457. The standard InChI is InChI=1S/C10H19N/c1-5-10(4)11-8-6-7-9(2)3/h11H,2,4-8H2,1,3H3. The molecule has 0 amide bonds. The molecule has 0 heterocycles. The summed E-state index contributed by atoms with van der Waals surface area (Å²) in [6, 6.07) is 0. The largest absolute Gasteiger partial charge is 0.389 e. The number of hydrogen-bond acceptors (Lipinski definition) is 1. The topological polar surface area (TPSA) is 12.0 Å². The molecule has 0 atom stereocenters. The van der Waals surface area contributed by atoms with Crippen molar-refractivity contribution < 1.29 is 0 Å². The van der Waals surface area contributed by atoms with Crippen LogP contribution in [-0.2, 0) is 0 Å². The Morgan fingerprint density at radius 3 is 2.45 bits per heavy atom. The molecule has 1 heteroatoms. The fourth-order valence-corrected chi connectivity index (χ4v) is 0.780. The maximum Gasteiger partial charge on any atom is 0.0146 e. The summed E-state index contributed by atoms with van der Waals surface area (Å²) in [5.41, 5.74) is 2.39. The minimum Gasteiger partial charge on any atom is -0.389 e. The summed E-state index contributed by atoms with van der Waals surface area (Å²) in [6.07, 6.45) is 3.30. The van der Waals surface area contributed by atoms with Gasteiger partial charge in [-0.3, -0.25) is 0 Å². The predicted octanol–water partition coefficient (Wildman–Crippen LogP) is 2.86. The Labute approximate surface area is 70.2 Å². The van der Waals surface area contributed by atoms with Crippen LogP contribution in [0.3, 0.4) is 0 Å². The molecule has 1 nitrogen and oxygen atoms in total. The molecule has 1 N–H and O–H groups in total. The molecule has 0 unspecified atom stereocenters. The molecule has 0 aromatic rings. The van der Waals surface area contributed by atoms with Gasteiger partial charge in [-0.15, -0.1) is 6.58 Å². The Hall–Kier alpha value is -0.720. The molecule has 0 saturated heterocycles. The van der Waals surface area contributed by atoms with Gasteiger partial charge in [-0.2, -0.15) is 0 Å². The van der Waals surface area contributed by atoms with Crippen molar-refractivity contribution in [2.24, 2.45) is 0 Å². The highest BCUT2D eigenvalue weighted by Gasteiger charge is 1.89. The fourth-order valence-electron chi connectivity index (χ4n) is 0.780. The van der Waals surface area contributed by atoms with E-state index in [4.69, 9.17) is 0 Å². The molecule has 0 aliphatic heterocycles. The third-order valence-corrected chi connectivity index (χ3v) is 1.58. The van der Waals surface area contributed by atoms with Gasteiger partial charge in [0.05, 0.1) is 0 Å². The van der Waals surface area contributed by atoms with Crippen molar-refractivity contribution in [2.45, 2.75) is 33.1 Å². The lowest BCUT2D eigenvalue weighted by Crippen LogP contribution is -2.13. The minimum absolute atomic E-state index is 1.02. The zero-order valence-electron chi connectivity index (χ0n) is 7.74. The summed E-state index contributed by atoms with van der Waals surface area (Å²) >= 11 is 0. The molecule has 0 bridgehead atoms. The highest BCUT2D eigenvalue weighted by atomic mass is 14.9. The normalized spacial score (nSPS) is 9.27. The summed E-state index contributed by atoms with van der Waals surface area (Å²) < 4.78 is 0. The van der Waals surface area contributed by atoms with E-state index in [9.17, 15) is 0 Å². The number of rotatable bonds is 6. The minimum atomic E-state index is 1.02. The summed E-state index contributed by atoms with van der Waals surface area (Å²) in [4.78, 5) is 0. The summed E-state index contributed by atoms with van der Waals surface area (Å²) in [6.45, 7) is 12.9. The van der Waals surface area contributed by atoms with Crippen LogP contribution in [0.15, 0.2) is 24.4 Å². The molecular formula is C10H19N. The lowest BCUT2D eigenvalue weighted by molar-refractivity contribution is 0.705. The lowest BCUT2D eigenvalue weighted by atomic mass is 10.2. The van der Waals surface area contributed by atoms with Crippen LogP contribution in [0.4, 0.5) is 0 Å². The van der Waals surface area contributed by atoms with Crippen LogP contribution < -0.4 is 5.32 Å². The first-order valence-electron chi connectivity index (χ1n) is 4.22. The van der Waals surface area contributed by atoms with Crippen molar-refractivity contribution in [3.8, 4) is 0 Å². The van der Waals surface area contributed by atoms with Gasteiger partial charge < -0.3 is 5.32 Å². The van der Waals surface area contributed by atoms with Crippen molar-refractivity contribution in [1.82, 2.24) is 5.32 Å². The van der Waals surface area contributed by atoms with E-state index in [-0.39, 0.29) is 0 Å². The van der Waals surface area contributed by atoms with Crippen molar-refractivity contribution in [3.05, 3.63) is 24.4 Å². The third-order valence-electron chi connectivity index (χ3n) is 1.58. The average Bonchev–Trinajstić information content (AvgIpc) is 1.97. The van der Waals surface area contributed by atoms with Crippen molar-refractivity contribution in [1.29, 1.82) is 0 Å². The fraction of sp³-hybridized carbons (Fsp3) is 0.600. The number of allylic oxidation sites excluding steroid dienone is 2. The van der Waals surface area contributed by atoms with Gasteiger partial charge in [0.2, 0.25) is 0 Å². The van der Waals surface area contributed by atoms with Crippen LogP contribution in [-0.4, -0.2) is 6.54 Å². The molecule has 0 rings (SSSR count). The van der Waals surface area contributed by atoms with Crippen molar-refractivity contribution in [3.63, 3.8) is 0 Å². The molecule has 0 radical (unpaired) electrons. The predicted molar refractivity (Wildman–Crippen MR) is 51.5 cm³/mol. The Balaban J connectivity index is 3.14. The van der Waals surface area contributed by atoms with E-state index in [1.54, 1.807) is 0 Å². The van der Waals surface area contributed by atoms with Gasteiger partial charge in [0, 0.05) is 12.2 Å². The van der Waals surface area contributed by atoms with E-state index in [2.05, 4.69) is 32.3 Å². The Morgan fingerprint density at radius 2 is 2.00 bits per heavy atom. The molecule has 0 spiro atoms. The van der Waals surface area contributed by atoms with E-state index < -0.39 is 0 Å². The molecule has 0 saturated carbocycles. The van der Waals surface area contributed by atoms with Gasteiger partial charge in [-0.05, 0) is 26.2 Å².